The van der Waals surface area contributed by atoms with Gasteiger partial charge in [-0.2, -0.15) is 5.10 Å². The van der Waals surface area contributed by atoms with E-state index in [0.717, 1.165) is 43.9 Å². The van der Waals surface area contributed by atoms with Gasteiger partial charge in [-0.15, -0.1) is 0 Å². The van der Waals surface area contributed by atoms with Gasteiger partial charge in [-0.1, -0.05) is 13.3 Å². The molecule has 0 aliphatic carbocycles. The number of carbonyl (C=O) groups is 1. The van der Waals surface area contributed by atoms with Gasteiger partial charge in [0.2, 0.25) is 5.91 Å². The molecule has 5 heteroatoms. The number of unbranched alkanes of at least 4 members (excludes halogenated alkanes) is 1. The summed E-state index contributed by atoms with van der Waals surface area (Å²) in [7, 11) is 0. The average Bonchev–Trinajstić information content (AvgIpc) is 3.05. The number of amides is 1. The Kier molecular flexibility index (Phi) is 5.79. The number of rotatable bonds is 7. The fourth-order valence-electron chi connectivity index (χ4n) is 2.91. The molecular formula is C16H28N4O. The second-order valence-corrected chi connectivity index (χ2v) is 6.07. The van der Waals surface area contributed by atoms with Crippen LogP contribution in [0.2, 0.25) is 0 Å². The van der Waals surface area contributed by atoms with Gasteiger partial charge >= 0.3 is 0 Å². The maximum atomic E-state index is 12.6. The van der Waals surface area contributed by atoms with Crippen molar-refractivity contribution in [3.63, 3.8) is 0 Å². The van der Waals surface area contributed by atoms with Crippen LogP contribution in [0.4, 0.5) is 0 Å². The molecule has 1 aliphatic heterocycles. The molecule has 0 saturated carbocycles. The molecule has 1 N–H and O–H groups in total. The van der Waals surface area contributed by atoms with Gasteiger partial charge in [0.05, 0.1) is 5.69 Å². The number of hydrogen-bond acceptors (Lipinski definition) is 3. The van der Waals surface area contributed by atoms with Crippen molar-refractivity contribution in [1.29, 1.82) is 0 Å². The first kappa shape index (κ1) is 16.0. The van der Waals surface area contributed by atoms with Gasteiger partial charge in [0, 0.05) is 24.8 Å². The van der Waals surface area contributed by atoms with Crippen molar-refractivity contribution >= 4 is 5.91 Å². The SMILES string of the molecule is CCCCN(CC1CCCN1)C(=O)Cn1nc(C)cc1C. The topological polar surface area (TPSA) is 50.2 Å². The van der Waals surface area contributed by atoms with Crippen LogP contribution in [0.25, 0.3) is 0 Å². The molecule has 5 nitrogen and oxygen atoms in total. The molecule has 1 unspecified atom stereocenters. The average molecular weight is 292 g/mol. The van der Waals surface area contributed by atoms with Crippen LogP contribution in [0.1, 0.15) is 44.0 Å². The zero-order chi connectivity index (χ0) is 15.2. The maximum Gasteiger partial charge on any atom is 0.244 e. The fourth-order valence-corrected chi connectivity index (χ4v) is 2.91. The monoisotopic (exact) mass is 292 g/mol. The molecule has 21 heavy (non-hydrogen) atoms. The van der Waals surface area contributed by atoms with Crippen molar-refractivity contribution < 1.29 is 4.79 Å². The van der Waals surface area contributed by atoms with E-state index in [4.69, 9.17) is 0 Å². The summed E-state index contributed by atoms with van der Waals surface area (Å²) in [6, 6.07) is 2.48. The molecule has 0 bridgehead atoms. The molecule has 118 valence electrons. The summed E-state index contributed by atoms with van der Waals surface area (Å²) in [6.07, 6.45) is 4.57. The van der Waals surface area contributed by atoms with Gasteiger partial charge in [-0.05, 0) is 45.7 Å². The van der Waals surface area contributed by atoms with E-state index in [-0.39, 0.29) is 5.91 Å². The van der Waals surface area contributed by atoms with E-state index in [1.54, 1.807) is 0 Å². The minimum absolute atomic E-state index is 0.184. The quantitative estimate of drug-likeness (QED) is 0.835. The van der Waals surface area contributed by atoms with Crippen molar-refractivity contribution in [3.8, 4) is 0 Å². The molecule has 2 heterocycles. The van der Waals surface area contributed by atoms with Gasteiger partial charge in [0.15, 0.2) is 0 Å². The highest BCUT2D eigenvalue weighted by Gasteiger charge is 2.21. The first-order valence-corrected chi connectivity index (χ1v) is 8.12. The van der Waals surface area contributed by atoms with Gasteiger partial charge in [-0.25, -0.2) is 0 Å². The third kappa shape index (κ3) is 4.56. The normalized spacial score (nSPS) is 18.1. The molecule has 2 rings (SSSR count). The molecule has 0 radical (unpaired) electrons. The Morgan fingerprint density at radius 3 is 2.90 bits per heavy atom. The molecule has 1 aromatic heterocycles. The third-order valence-electron chi connectivity index (χ3n) is 4.13. The van der Waals surface area contributed by atoms with Crippen molar-refractivity contribution in [2.24, 2.45) is 0 Å². The predicted molar refractivity (Wildman–Crippen MR) is 84.2 cm³/mol. The smallest absolute Gasteiger partial charge is 0.244 e. The molecule has 1 atom stereocenters. The van der Waals surface area contributed by atoms with E-state index in [1.165, 1.54) is 12.8 Å². The lowest BCUT2D eigenvalue weighted by atomic mass is 10.2. The highest BCUT2D eigenvalue weighted by atomic mass is 16.2. The number of aromatic nitrogens is 2. The fraction of sp³-hybridized carbons (Fsp3) is 0.750. The lowest BCUT2D eigenvalue weighted by molar-refractivity contribution is -0.132. The van der Waals surface area contributed by atoms with Gasteiger partial charge in [0.1, 0.15) is 6.54 Å². The van der Waals surface area contributed by atoms with Gasteiger partial charge < -0.3 is 10.2 Å². The molecule has 0 aromatic carbocycles. The largest absolute Gasteiger partial charge is 0.340 e. The Labute approximate surface area is 127 Å². The van der Waals surface area contributed by atoms with Crippen molar-refractivity contribution in [1.82, 2.24) is 20.0 Å². The summed E-state index contributed by atoms with van der Waals surface area (Å²) in [6.45, 7) is 9.25. The van der Waals surface area contributed by atoms with E-state index >= 15 is 0 Å². The van der Waals surface area contributed by atoms with E-state index < -0.39 is 0 Å². The highest BCUT2D eigenvalue weighted by molar-refractivity contribution is 5.76. The summed E-state index contributed by atoms with van der Waals surface area (Å²) in [4.78, 5) is 14.6. The number of hydrogen-bond donors (Lipinski definition) is 1. The zero-order valence-electron chi connectivity index (χ0n) is 13.6. The van der Waals surface area contributed by atoms with Crippen molar-refractivity contribution in [2.45, 2.75) is 59.0 Å². The standard InChI is InChI=1S/C16H28N4O/c1-4-5-9-19(11-15-7-6-8-17-15)16(21)12-20-14(3)10-13(2)18-20/h10,15,17H,4-9,11-12H2,1-3H3. The second-order valence-electron chi connectivity index (χ2n) is 6.07. The number of carbonyl (C=O) groups excluding carboxylic acids is 1. The lowest BCUT2D eigenvalue weighted by Crippen LogP contribution is -2.43. The van der Waals surface area contributed by atoms with Crippen LogP contribution < -0.4 is 5.32 Å². The van der Waals surface area contributed by atoms with E-state index in [1.807, 2.05) is 29.5 Å². The Balaban J connectivity index is 1.97. The molecule has 1 aromatic rings. The van der Waals surface area contributed by atoms with Gasteiger partial charge in [0.25, 0.3) is 0 Å². The molecule has 0 spiro atoms. The minimum Gasteiger partial charge on any atom is -0.340 e. The Morgan fingerprint density at radius 2 is 2.33 bits per heavy atom. The van der Waals surface area contributed by atoms with Crippen LogP contribution in [0, 0.1) is 13.8 Å². The highest BCUT2D eigenvalue weighted by Crippen LogP contribution is 2.10. The second kappa shape index (κ2) is 7.59. The van der Waals surface area contributed by atoms with E-state index in [9.17, 15) is 4.79 Å². The number of nitrogens with zero attached hydrogens (tertiary/aromatic N) is 3. The van der Waals surface area contributed by atoms with E-state index in [0.29, 0.717) is 12.6 Å². The summed E-state index contributed by atoms with van der Waals surface area (Å²) in [5.74, 6) is 0.184. The van der Waals surface area contributed by atoms with E-state index in [2.05, 4.69) is 17.3 Å². The zero-order valence-corrected chi connectivity index (χ0v) is 13.6. The van der Waals surface area contributed by atoms with Crippen LogP contribution in [0.5, 0.6) is 0 Å². The Morgan fingerprint density at radius 1 is 1.52 bits per heavy atom. The molecular weight excluding hydrogens is 264 g/mol. The van der Waals surface area contributed by atoms with Crippen molar-refractivity contribution in [2.75, 3.05) is 19.6 Å². The summed E-state index contributed by atoms with van der Waals surface area (Å²) >= 11 is 0. The molecule has 1 amide bonds. The maximum absolute atomic E-state index is 12.6. The third-order valence-corrected chi connectivity index (χ3v) is 4.13. The Hall–Kier alpha value is -1.36. The van der Waals surface area contributed by atoms with Crippen molar-refractivity contribution in [3.05, 3.63) is 17.5 Å². The molecule has 1 aliphatic rings. The van der Waals surface area contributed by atoms with Crippen LogP contribution in [-0.4, -0.2) is 46.3 Å². The summed E-state index contributed by atoms with van der Waals surface area (Å²) in [5.41, 5.74) is 2.02. The molecule has 1 saturated heterocycles. The lowest BCUT2D eigenvalue weighted by Gasteiger charge is -2.26. The first-order valence-electron chi connectivity index (χ1n) is 8.12. The predicted octanol–water partition coefficient (Wildman–Crippen LogP) is 1.88. The Bertz CT molecular complexity index is 463. The van der Waals surface area contributed by atoms with Gasteiger partial charge in [-0.3, -0.25) is 9.48 Å². The minimum atomic E-state index is 0.184. The number of aryl methyl sites for hydroxylation is 2. The summed E-state index contributed by atoms with van der Waals surface area (Å²) < 4.78 is 1.82. The first-order chi connectivity index (χ1) is 10.1. The van der Waals surface area contributed by atoms with Crippen LogP contribution in [0.3, 0.4) is 0 Å². The van der Waals surface area contributed by atoms with Crippen LogP contribution in [0.15, 0.2) is 6.07 Å². The number of nitrogens with one attached hydrogen (secondary N) is 1. The summed E-state index contributed by atoms with van der Waals surface area (Å²) in [5, 5.41) is 7.88. The van der Waals surface area contributed by atoms with Crippen LogP contribution >= 0.6 is 0 Å². The van der Waals surface area contributed by atoms with Crippen LogP contribution in [-0.2, 0) is 11.3 Å². The molecule has 1 fully saturated rings.